The van der Waals surface area contributed by atoms with Gasteiger partial charge in [0, 0.05) is 34.4 Å². The Morgan fingerprint density at radius 3 is 1.73 bits per heavy atom. The number of carbonyl (C=O) groups excluding carboxylic acids is 4. The summed E-state index contributed by atoms with van der Waals surface area (Å²) < 4.78 is 15.6. The molecule has 1 aromatic heterocycles. The first-order valence-electron chi connectivity index (χ1n) is 18.4. The smallest absolute Gasteiger partial charge is 0.339 e. The number of nitrogens with zero attached hydrogens (tertiary/aromatic N) is 2. The number of aromatic nitrogens is 3. The van der Waals surface area contributed by atoms with Gasteiger partial charge in [0.2, 0.25) is 5.91 Å². The predicted octanol–water partition coefficient (Wildman–Crippen LogP) is 4.82. The predicted molar refractivity (Wildman–Crippen MR) is 224 cm³/mol. The molecule has 18 heteroatoms. The molecule has 5 aromatic carbocycles. The molecule has 6 aromatic rings. The van der Waals surface area contributed by atoms with Crippen molar-refractivity contribution in [1.82, 2.24) is 20.7 Å². The van der Waals surface area contributed by atoms with Crippen molar-refractivity contribution in [3.63, 3.8) is 0 Å². The molecule has 0 aliphatic carbocycles. The van der Waals surface area contributed by atoms with Crippen molar-refractivity contribution in [2.45, 2.75) is 12.5 Å². The van der Waals surface area contributed by atoms with Crippen LogP contribution in [-0.2, 0) is 11.2 Å². The van der Waals surface area contributed by atoms with Gasteiger partial charge in [-0.05, 0) is 97.1 Å². The molecule has 0 bridgehead atoms. The van der Waals surface area contributed by atoms with E-state index in [1.807, 2.05) is 24.3 Å². The summed E-state index contributed by atoms with van der Waals surface area (Å²) in [4.78, 5) is 64.7. The number of phenolic OH excluding ortho intramolecular Hbond substituents is 1. The summed E-state index contributed by atoms with van der Waals surface area (Å²) in [6.45, 7) is 0. The van der Waals surface area contributed by atoms with Gasteiger partial charge in [-0.25, -0.2) is 4.79 Å². The SMILES string of the molecule is COc1ccc(C#Cc2ccc(C(=O)N[C@@H](Cc3cn[nH]n3)C(=O)Nc3ccc(C(=O)Nc4ccc(C(=O)Nc5ccc(C(=O)O)c(O)c5OC)c(O)c4OC)cc3)cc2)cc1. The number of anilines is 3. The summed E-state index contributed by atoms with van der Waals surface area (Å²) in [7, 11) is 3.97. The Labute approximate surface area is 352 Å². The maximum atomic E-state index is 13.6. The molecule has 0 saturated heterocycles. The highest BCUT2D eigenvalue weighted by molar-refractivity contribution is 6.10. The highest BCUT2D eigenvalue weighted by Gasteiger charge is 2.25. The van der Waals surface area contributed by atoms with E-state index in [-0.39, 0.29) is 40.4 Å². The Bertz CT molecular complexity index is 2690. The van der Waals surface area contributed by atoms with Crippen LogP contribution in [0.4, 0.5) is 17.1 Å². The second-order valence-electron chi connectivity index (χ2n) is 13.1. The molecule has 0 spiro atoms. The van der Waals surface area contributed by atoms with E-state index in [4.69, 9.17) is 14.2 Å². The summed E-state index contributed by atoms with van der Waals surface area (Å²) in [6, 6.07) is 23.4. The van der Waals surface area contributed by atoms with Crippen LogP contribution in [0.15, 0.2) is 103 Å². The number of hydrogen-bond donors (Lipinski definition) is 8. The molecule has 18 nitrogen and oxygen atoms in total. The third kappa shape index (κ3) is 10.0. The lowest BCUT2D eigenvalue weighted by atomic mass is 10.1. The summed E-state index contributed by atoms with van der Waals surface area (Å²) in [6.07, 6.45) is 1.44. The molecule has 0 aliphatic heterocycles. The van der Waals surface area contributed by atoms with Gasteiger partial charge in [0.1, 0.15) is 17.4 Å². The molecular formula is C44H37N7O11. The lowest BCUT2D eigenvalue weighted by Crippen LogP contribution is -2.45. The van der Waals surface area contributed by atoms with Gasteiger partial charge in [0.05, 0.1) is 50.2 Å². The molecule has 6 rings (SSSR count). The number of phenols is 2. The number of H-pyrrole nitrogens is 1. The fourth-order valence-corrected chi connectivity index (χ4v) is 5.93. The number of carbonyl (C=O) groups is 5. The number of carboxylic acid groups (broad SMARTS) is 1. The molecule has 314 valence electrons. The first-order chi connectivity index (χ1) is 29.9. The highest BCUT2D eigenvalue weighted by Crippen LogP contribution is 2.40. The first-order valence-corrected chi connectivity index (χ1v) is 18.4. The third-order valence-corrected chi connectivity index (χ3v) is 9.15. The average molecular weight is 840 g/mol. The van der Waals surface area contributed by atoms with E-state index in [2.05, 4.69) is 48.5 Å². The number of aromatic carboxylic acids is 1. The maximum absolute atomic E-state index is 13.6. The largest absolute Gasteiger partial charge is 0.504 e. The van der Waals surface area contributed by atoms with E-state index in [1.165, 1.54) is 62.9 Å². The van der Waals surface area contributed by atoms with E-state index >= 15 is 0 Å². The number of aromatic hydroxyl groups is 2. The quantitative estimate of drug-likeness (QED) is 0.0685. The van der Waals surface area contributed by atoms with Gasteiger partial charge in [-0.15, -0.1) is 0 Å². The van der Waals surface area contributed by atoms with Crippen LogP contribution in [0.1, 0.15) is 58.3 Å². The van der Waals surface area contributed by atoms with Crippen LogP contribution >= 0.6 is 0 Å². The van der Waals surface area contributed by atoms with Crippen molar-refractivity contribution in [3.8, 4) is 40.6 Å². The topological polar surface area (TPSA) is 263 Å². The van der Waals surface area contributed by atoms with Crippen LogP contribution in [-0.4, -0.2) is 87.7 Å². The summed E-state index contributed by atoms with van der Waals surface area (Å²) in [5, 5.41) is 51.4. The van der Waals surface area contributed by atoms with Gasteiger partial charge >= 0.3 is 5.97 Å². The summed E-state index contributed by atoms with van der Waals surface area (Å²) >= 11 is 0. The number of benzene rings is 5. The monoisotopic (exact) mass is 839 g/mol. The van der Waals surface area contributed by atoms with E-state index in [9.17, 15) is 39.3 Å². The van der Waals surface area contributed by atoms with Crippen LogP contribution in [0.3, 0.4) is 0 Å². The Balaban J connectivity index is 1.10. The number of methoxy groups -OCH3 is 3. The van der Waals surface area contributed by atoms with E-state index in [0.29, 0.717) is 22.5 Å². The fourth-order valence-electron chi connectivity index (χ4n) is 5.93. The van der Waals surface area contributed by atoms with Crippen LogP contribution in [0, 0.1) is 11.8 Å². The van der Waals surface area contributed by atoms with Gasteiger partial charge in [-0.2, -0.15) is 15.4 Å². The molecule has 0 fully saturated rings. The molecule has 0 saturated carbocycles. The minimum Gasteiger partial charge on any atom is -0.504 e. The van der Waals surface area contributed by atoms with Crippen molar-refractivity contribution in [3.05, 3.63) is 142 Å². The second-order valence-corrected chi connectivity index (χ2v) is 13.1. The Morgan fingerprint density at radius 1 is 0.645 bits per heavy atom. The van der Waals surface area contributed by atoms with Crippen molar-refractivity contribution < 1.29 is 53.5 Å². The second kappa shape index (κ2) is 19.3. The van der Waals surface area contributed by atoms with Crippen LogP contribution in [0.5, 0.6) is 28.7 Å². The molecule has 62 heavy (non-hydrogen) atoms. The lowest BCUT2D eigenvalue weighted by Gasteiger charge is -2.18. The molecule has 1 atom stereocenters. The van der Waals surface area contributed by atoms with Gasteiger partial charge in [0.15, 0.2) is 23.0 Å². The Kier molecular flexibility index (Phi) is 13.3. The number of hydrogen-bond acceptors (Lipinski definition) is 12. The summed E-state index contributed by atoms with van der Waals surface area (Å²) in [5.74, 6) is 0.905. The number of ether oxygens (including phenoxy) is 3. The molecule has 0 radical (unpaired) electrons. The van der Waals surface area contributed by atoms with Gasteiger partial charge < -0.3 is 50.8 Å². The Hall–Kier alpha value is -8.85. The Morgan fingerprint density at radius 2 is 1.18 bits per heavy atom. The normalized spacial score (nSPS) is 10.9. The highest BCUT2D eigenvalue weighted by atomic mass is 16.5. The molecule has 4 amide bonds. The van der Waals surface area contributed by atoms with E-state index in [1.54, 1.807) is 31.4 Å². The van der Waals surface area contributed by atoms with Crippen LogP contribution in [0.25, 0.3) is 0 Å². The molecule has 0 unspecified atom stereocenters. The number of carboxylic acids is 1. The number of nitrogens with one attached hydrogen (secondary N) is 5. The van der Waals surface area contributed by atoms with E-state index in [0.717, 1.165) is 17.4 Å². The minimum absolute atomic E-state index is 0.00673. The lowest BCUT2D eigenvalue weighted by molar-refractivity contribution is -0.118. The summed E-state index contributed by atoms with van der Waals surface area (Å²) in [5.41, 5.74) is 1.82. The first kappa shape index (κ1) is 42.7. The third-order valence-electron chi connectivity index (χ3n) is 9.15. The fraction of sp³-hybridized carbons (Fsp3) is 0.114. The maximum Gasteiger partial charge on any atom is 0.339 e. The van der Waals surface area contributed by atoms with Crippen molar-refractivity contribution in [2.75, 3.05) is 37.3 Å². The van der Waals surface area contributed by atoms with Crippen LogP contribution in [0.2, 0.25) is 0 Å². The number of rotatable bonds is 14. The zero-order valence-corrected chi connectivity index (χ0v) is 33.1. The molecule has 1 heterocycles. The van der Waals surface area contributed by atoms with Crippen molar-refractivity contribution >= 4 is 46.7 Å². The average Bonchev–Trinajstić information content (AvgIpc) is 3.79. The van der Waals surface area contributed by atoms with E-state index < -0.39 is 52.7 Å². The molecule has 8 N–H and O–H groups in total. The minimum atomic E-state index is -1.42. The van der Waals surface area contributed by atoms with Crippen molar-refractivity contribution in [1.29, 1.82) is 0 Å². The molecule has 0 aliphatic rings. The molecular weight excluding hydrogens is 803 g/mol. The van der Waals surface area contributed by atoms with Gasteiger partial charge in [0.25, 0.3) is 17.7 Å². The van der Waals surface area contributed by atoms with Crippen molar-refractivity contribution in [2.24, 2.45) is 0 Å². The zero-order valence-electron chi connectivity index (χ0n) is 33.1. The van der Waals surface area contributed by atoms with Crippen LogP contribution < -0.4 is 35.5 Å². The van der Waals surface area contributed by atoms with Gasteiger partial charge in [-0.1, -0.05) is 11.8 Å². The number of amides is 4. The zero-order chi connectivity index (χ0) is 44.3. The number of aromatic amines is 1. The van der Waals surface area contributed by atoms with Gasteiger partial charge in [-0.3, -0.25) is 19.2 Å². The standard InChI is InChI=1S/C44H37N7O11/c1-60-30-16-8-25(9-17-30)5-4-24-6-10-26(11-7-24)41(55)49-35(22-29-23-45-51-50-29)43(57)46-28-14-12-27(13-15-28)40(54)47-33-20-18-31(36(52)38(33)61-2)42(56)48-34-21-19-32(44(58)59)37(53)39(34)62-3/h6-21,23,35,52-53H,22H2,1-3H3,(H,46,57)(H,47,54)(H,48,56)(H,49,55)(H,58,59)(H,45,50,51)/t35-/m0/s1.